The van der Waals surface area contributed by atoms with E-state index in [0.717, 1.165) is 10.6 Å². The van der Waals surface area contributed by atoms with Crippen molar-refractivity contribution in [1.29, 1.82) is 0 Å². The van der Waals surface area contributed by atoms with E-state index in [1.54, 1.807) is 18.2 Å². The van der Waals surface area contributed by atoms with Gasteiger partial charge < -0.3 is 15.0 Å². The number of rotatable bonds is 7. The van der Waals surface area contributed by atoms with Gasteiger partial charge in [-0.3, -0.25) is 4.79 Å². The fourth-order valence-electron chi connectivity index (χ4n) is 2.52. The number of amides is 1. The summed E-state index contributed by atoms with van der Waals surface area (Å²) in [6.07, 6.45) is 0. The molecule has 2 N–H and O–H groups in total. The van der Waals surface area contributed by atoms with Crippen LogP contribution in [0.1, 0.15) is 11.1 Å². The summed E-state index contributed by atoms with van der Waals surface area (Å²) in [6.45, 7) is 5.63. The van der Waals surface area contributed by atoms with Crippen molar-refractivity contribution < 1.29 is 14.4 Å². The van der Waals surface area contributed by atoms with Crippen LogP contribution in [0, 0.1) is 13.8 Å². The van der Waals surface area contributed by atoms with Crippen molar-refractivity contribution in [3.63, 3.8) is 0 Å². The Hall–Kier alpha value is -1.75. The lowest BCUT2D eigenvalue weighted by Crippen LogP contribution is -3.10. The molecule has 0 bridgehead atoms. The molecule has 1 unspecified atom stereocenters. The average molecular weight is 382 g/mol. The van der Waals surface area contributed by atoms with Crippen LogP contribution in [0.4, 0.5) is 5.69 Å². The van der Waals surface area contributed by atoms with E-state index in [4.69, 9.17) is 27.9 Å². The van der Waals surface area contributed by atoms with Crippen LogP contribution < -0.4 is 15.0 Å². The lowest BCUT2D eigenvalue weighted by atomic mass is 10.1. The van der Waals surface area contributed by atoms with Gasteiger partial charge in [-0.05, 0) is 49.2 Å². The predicted octanol–water partition coefficient (Wildman–Crippen LogP) is 3.14. The molecule has 0 heterocycles. The van der Waals surface area contributed by atoms with Gasteiger partial charge in [0.15, 0.2) is 6.54 Å². The van der Waals surface area contributed by atoms with E-state index in [0.29, 0.717) is 35.4 Å². The van der Waals surface area contributed by atoms with E-state index in [-0.39, 0.29) is 5.91 Å². The zero-order valence-corrected chi connectivity index (χ0v) is 16.2. The summed E-state index contributed by atoms with van der Waals surface area (Å²) < 4.78 is 5.78. The first-order chi connectivity index (χ1) is 11.8. The molecule has 0 aliphatic carbocycles. The van der Waals surface area contributed by atoms with Crippen molar-refractivity contribution in [1.82, 2.24) is 0 Å². The summed E-state index contributed by atoms with van der Waals surface area (Å²) in [6, 6.07) is 11.2. The van der Waals surface area contributed by atoms with Crippen molar-refractivity contribution in [2.24, 2.45) is 0 Å². The van der Waals surface area contributed by atoms with Gasteiger partial charge in [0, 0.05) is 0 Å². The van der Waals surface area contributed by atoms with E-state index in [1.807, 2.05) is 33.0 Å². The van der Waals surface area contributed by atoms with E-state index in [2.05, 4.69) is 11.4 Å². The van der Waals surface area contributed by atoms with Crippen LogP contribution in [0.15, 0.2) is 36.4 Å². The van der Waals surface area contributed by atoms with Crippen LogP contribution in [0.2, 0.25) is 10.0 Å². The normalized spacial score (nSPS) is 11.9. The van der Waals surface area contributed by atoms with Gasteiger partial charge in [-0.15, -0.1) is 0 Å². The molecule has 0 saturated heterocycles. The van der Waals surface area contributed by atoms with Crippen LogP contribution in [0.3, 0.4) is 0 Å². The van der Waals surface area contributed by atoms with Gasteiger partial charge >= 0.3 is 0 Å². The van der Waals surface area contributed by atoms with Crippen molar-refractivity contribution in [2.45, 2.75) is 13.8 Å². The van der Waals surface area contributed by atoms with Gasteiger partial charge in [-0.25, -0.2) is 0 Å². The number of hydrogen-bond donors (Lipinski definition) is 2. The molecule has 0 saturated carbocycles. The number of quaternary nitrogens is 1. The second-order valence-electron chi connectivity index (χ2n) is 6.20. The van der Waals surface area contributed by atoms with Crippen molar-refractivity contribution in [3.05, 3.63) is 57.6 Å². The van der Waals surface area contributed by atoms with Crippen LogP contribution in [-0.4, -0.2) is 32.7 Å². The van der Waals surface area contributed by atoms with Gasteiger partial charge in [-0.2, -0.15) is 0 Å². The average Bonchev–Trinajstić information content (AvgIpc) is 2.50. The number of nitrogens with one attached hydrogen (secondary N) is 2. The number of para-hydroxylation sites is 1. The predicted molar refractivity (Wildman–Crippen MR) is 103 cm³/mol. The third-order valence-electron chi connectivity index (χ3n) is 3.68. The maximum atomic E-state index is 12.2. The fourth-order valence-corrected chi connectivity index (χ4v) is 3.01. The molecule has 1 atom stereocenters. The molecule has 0 spiro atoms. The Morgan fingerprint density at radius 3 is 2.32 bits per heavy atom. The molecule has 0 aliphatic heterocycles. The summed E-state index contributed by atoms with van der Waals surface area (Å²) in [5.74, 6) is 0.719. The molecule has 6 heteroatoms. The minimum absolute atomic E-state index is 0.140. The Labute approximate surface area is 158 Å². The number of likely N-dealkylation sites (N-methyl/N-ethyl adjacent to an activating group) is 1. The Balaban J connectivity index is 1.79. The number of anilines is 1. The number of benzene rings is 2. The fraction of sp³-hybridized carbons (Fsp3) is 0.316. The number of hydrogen-bond acceptors (Lipinski definition) is 2. The maximum Gasteiger partial charge on any atom is 0.279 e. The minimum atomic E-state index is -0.140. The summed E-state index contributed by atoms with van der Waals surface area (Å²) >= 11 is 12.1. The molecule has 0 aromatic heterocycles. The van der Waals surface area contributed by atoms with E-state index >= 15 is 0 Å². The molecule has 134 valence electrons. The van der Waals surface area contributed by atoms with Crippen molar-refractivity contribution in [2.75, 3.05) is 32.1 Å². The standard InChI is InChI=1S/C19H22Cl2N2O2/c1-13-9-14(2)11-15(10-13)25-8-7-23(3)12-18(24)22-19-16(20)5-4-6-17(19)21/h4-6,9-11H,7-8,12H2,1-3H3,(H,22,24)/p+1. The van der Waals surface area contributed by atoms with Crippen LogP contribution >= 0.6 is 23.2 Å². The molecule has 0 aliphatic rings. The van der Waals surface area contributed by atoms with Crippen LogP contribution in [0.5, 0.6) is 5.75 Å². The maximum absolute atomic E-state index is 12.2. The van der Waals surface area contributed by atoms with Crippen molar-refractivity contribution in [3.8, 4) is 5.75 Å². The van der Waals surface area contributed by atoms with Gasteiger partial charge in [0.05, 0.1) is 22.8 Å². The molecule has 25 heavy (non-hydrogen) atoms. The largest absolute Gasteiger partial charge is 0.488 e. The van der Waals surface area contributed by atoms with E-state index in [9.17, 15) is 4.79 Å². The quantitative estimate of drug-likeness (QED) is 0.773. The number of halogens is 2. The first kappa shape index (κ1) is 19.6. The Kier molecular flexibility index (Phi) is 7.12. The number of carbonyl (C=O) groups is 1. The van der Waals surface area contributed by atoms with Crippen molar-refractivity contribution >= 4 is 34.8 Å². The number of ether oxygens (including phenoxy) is 1. The topological polar surface area (TPSA) is 42.8 Å². The smallest absolute Gasteiger partial charge is 0.279 e. The third-order valence-corrected chi connectivity index (χ3v) is 4.31. The zero-order chi connectivity index (χ0) is 18.4. The molecule has 0 fully saturated rings. The number of carbonyl (C=O) groups excluding carboxylic acids is 1. The lowest BCUT2D eigenvalue weighted by molar-refractivity contribution is -0.871. The molecular weight excluding hydrogens is 359 g/mol. The molecule has 0 radical (unpaired) electrons. The first-order valence-corrected chi connectivity index (χ1v) is 8.87. The molecule has 4 nitrogen and oxygen atoms in total. The van der Waals surface area contributed by atoms with Gasteiger partial charge in [0.2, 0.25) is 0 Å². The van der Waals surface area contributed by atoms with E-state index in [1.165, 1.54) is 11.1 Å². The second kappa shape index (κ2) is 9.09. The number of aryl methyl sites for hydroxylation is 2. The molecule has 2 rings (SSSR count). The summed E-state index contributed by atoms with van der Waals surface area (Å²) in [5, 5.41) is 3.62. The monoisotopic (exact) mass is 381 g/mol. The minimum Gasteiger partial charge on any atom is -0.488 e. The second-order valence-corrected chi connectivity index (χ2v) is 7.01. The lowest BCUT2D eigenvalue weighted by Gasteiger charge is -2.15. The van der Waals surface area contributed by atoms with Gasteiger partial charge in [0.1, 0.15) is 18.9 Å². The summed E-state index contributed by atoms with van der Waals surface area (Å²) in [4.78, 5) is 13.2. The molecule has 2 aromatic rings. The Morgan fingerprint density at radius 1 is 1.12 bits per heavy atom. The van der Waals surface area contributed by atoms with Crippen LogP contribution in [-0.2, 0) is 4.79 Å². The molecular formula is C19H23Cl2N2O2+. The summed E-state index contributed by atoms with van der Waals surface area (Å²) in [5.41, 5.74) is 2.80. The highest BCUT2D eigenvalue weighted by molar-refractivity contribution is 6.39. The summed E-state index contributed by atoms with van der Waals surface area (Å²) in [7, 11) is 1.94. The third kappa shape index (κ3) is 6.24. The van der Waals surface area contributed by atoms with Gasteiger partial charge in [-0.1, -0.05) is 35.3 Å². The highest BCUT2D eigenvalue weighted by Crippen LogP contribution is 2.29. The van der Waals surface area contributed by atoms with E-state index < -0.39 is 0 Å². The SMILES string of the molecule is Cc1cc(C)cc(OCC[NH+](C)CC(=O)Nc2c(Cl)cccc2Cl)c1. The first-order valence-electron chi connectivity index (χ1n) is 8.11. The Bertz CT molecular complexity index is 710. The highest BCUT2D eigenvalue weighted by Gasteiger charge is 2.14. The van der Waals surface area contributed by atoms with Gasteiger partial charge in [0.25, 0.3) is 5.91 Å². The zero-order valence-electron chi connectivity index (χ0n) is 14.7. The van der Waals surface area contributed by atoms with Crippen LogP contribution in [0.25, 0.3) is 0 Å². The molecule has 1 amide bonds. The highest BCUT2D eigenvalue weighted by atomic mass is 35.5. The Morgan fingerprint density at radius 2 is 1.72 bits per heavy atom. The molecule has 2 aromatic carbocycles.